The van der Waals surface area contributed by atoms with E-state index in [1.807, 2.05) is 54.6 Å². The lowest BCUT2D eigenvalue weighted by Crippen LogP contribution is -2.35. The Kier molecular flexibility index (Phi) is 5.77. The standard InChI is InChI=1S/C18H20N2O3/c1-3-17(22)23-18(13(2)21)20-16-11-9-15(10-12-16)19-14-7-5-4-6-8-14/h3-13,18-21H,1H2,2H3. The summed E-state index contributed by atoms with van der Waals surface area (Å²) in [5.74, 6) is -0.592. The lowest BCUT2D eigenvalue weighted by molar-refractivity contribution is -0.146. The summed E-state index contributed by atoms with van der Waals surface area (Å²) in [6.45, 7) is 4.88. The summed E-state index contributed by atoms with van der Waals surface area (Å²) in [6.07, 6.45) is -0.640. The fourth-order valence-corrected chi connectivity index (χ4v) is 1.92. The summed E-state index contributed by atoms with van der Waals surface area (Å²) in [6, 6.07) is 17.3. The lowest BCUT2D eigenvalue weighted by atomic mass is 10.2. The smallest absolute Gasteiger partial charge is 0.332 e. The Labute approximate surface area is 135 Å². The highest BCUT2D eigenvalue weighted by atomic mass is 16.6. The molecule has 0 saturated carbocycles. The van der Waals surface area contributed by atoms with Crippen LogP contribution in [0.3, 0.4) is 0 Å². The molecule has 2 atom stereocenters. The van der Waals surface area contributed by atoms with Gasteiger partial charge in [-0.1, -0.05) is 24.8 Å². The molecular weight excluding hydrogens is 292 g/mol. The summed E-state index contributed by atoms with van der Waals surface area (Å²) >= 11 is 0. The summed E-state index contributed by atoms with van der Waals surface area (Å²) in [4.78, 5) is 11.3. The zero-order valence-electron chi connectivity index (χ0n) is 12.9. The topological polar surface area (TPSA) is 70.6 Å². The number of carbonyl (C=O) groups excluding carboxylic acids is 1. The van der Waals surface area contributed by atoms with Gasteiger partial charge in [-0.3, -0.25) is 0 Å². The second kappa shape index (κ2) is 8.00. The average Bonchev–Trinajstić information content (AvgIpc) is 2.56. The van der Waals surface area contributed by atoms with E-state index in [2.05, 4.69) is 17.2 Å². The molecule has 0 aliphatic rings. The molecule has 0 bridgehead atoms. The fourth-order valence-electron chi connectivity index (χ4n) is 1.92. The van der Waals surface area contributed by atoms with Gasteiger partial charge in [0.25, 0.3) is 0 Å². The summed E-state index contributed by atoms with van der Waals surface area (Å²) in [5, 5.41) is 15.9. The zero-order chi connectivity index (χ0) is 16.7. The first-order valence-electron chi connectivity index (χ1n) is 7.28. The molecular formula is C18H20N2O3. The normalized spacial score (nSPS) is 12.8. The van der Waals surface area contributed by atoms with Crippen molar-refractivity contribution in [2.75, 3.05) is 10.6 Å². The molecule has 0 aromatic heterocycles. The maximum absolute atomic E-state index is 11.3. The van der Waals surface area contributed by atoms with E-state index >= 15 is 0 Å². The zero-order valence-corrected chi connectivity index (χ0v) is 12.9. The first-order chi connectivity index (χ1) is 11.1. The molecule has 0 fully saturated rings. The van der Waals surface area contributed by atoms with Crippen molar-refractivity contribution < 1.29 is 14.6 Å². The van der Waals surface area contributed by atoms with Gasteiger partial charge in [0, 0.05) is 23.1 Å². The van der Waals surface area contributed by atoms with Gasteiger partial charge in [0.2, 0.25) is 0 Å². The van der Waals surface area contributed by atoms with Crippen LogP contribution in [-0.2, 0) is 9.53 Å². The number of hydrogen-bond donors (Lipinski definition) is 3. The molecule has 0 amide bonds. The Balaban J connectivity index is 2.00. The number of anilines is 3. The van der Waals surface area contributed by atoms with Crippen molar-refractivity contribution >= 4 is 23.0 Å². The Morgan fingerprint density at radius 3 is 2.22 bits per heavy atom. The quantitative estimate of drug-likeness (QED) is 0.416. The maximum Gasteiger partial charge on any atom is 0.332 e. The van der Waals surface area contributed by atoms with Crippen LogP contribution in [0.1, 0.15) is 6.92 Å². The van der Waals surface area contributed by atoms with Crippen LogP contribution in [0.25, 0.3) is 0 Å². The Morgan fingerprint density at radius 2 is 1.65 bits per heavy atom. The number of para-hydroxylation sites is 1. The van der Waals surface area contributed by atoms with Crippen molar-refractivity contribution in [3.63, 3.8) is 0 Å². The van der Waals surface area contributed by atoms with Crippen molar-refractivity contribution in [1.82, 2.24) is 0 Å². The predicted octanol–water partition coefficient (Wildman–Crippen LogP) is 3.28. The lowest BCUT2D eigenvalue weighted by Gasteiger charge is -2.22. The van der Waals surface area contributed by atoms with E-state index in [4.69, 9.17) is 4.74 Å². The molecule has 0 heterocycles. The number of benzene rings is 2. The van der Waals surface area contributed by atoms with Crippen LogP contribution in [0.5, 0.6) is 0 Å². The molecule has 0 aliphatic heterocycles. The molecule has 0 aliphatic carbocycles. The van der Waals surface area contributed by atoms with Crippen LogP contribution in [0.2, 0.25) is 0 Å². The molecule has 0 saturated heterocycles. The predicted molar refractivity (Wildman–Crippen MR) is 91.5 cm³/mol. The number of hydrogen-bond acceptors (Lipinski definition) is 5. The van der Waals surface area contributed by atoms with E-state index in [1.165, 1.54) is 0 Å². The Hall–Kier alpha value is -2.79. The van der Waals surface area contributed by atoms with Crippen molar-refractivity contribution in [2.24, 2.45) is 0 Å². The highest BCUT2D eigenvalue weighted by Crippen LogP contribution is 2.19. The van der Waals surface area contributed by atoms with Crippen molar-refractivity contribution in [1.29, 1.82) is 0 Å². The molecule has 5 heteroatoms. The van der Waals surface area contributed by atoms with E-state index in [1.54, 1.807) is 6.92 Å². The van der Waals surface area contributed by atoms with Gasteiger partial charge in [0.15, 0.2) is 6.23 Å². The van der Waals surface area contributed by atoms with E-state index in [-0.39, 0.29) is 0 Å². The molecule has 2 rings (SSSR count). The maximum atomic E-state index is 11.3. The van der Waals surface area contributed by atoms with Crippen LogP contribution in [0.4, 0.5) is 17.1 Å². The third kappa shape index (κ3) is 5.16. The van der Waals surface area contributed by atoms with Crippen molar-refractivity contribution in [3.05, 3.63) is 67.3 Å². The number of carbonyl (C=O) groups is 1. The fraction of sp³-hybridized carbons (Fsp3) is 0.167. The van der Waals surface area contributed by atoms with Crippen molar-refractivity contribution in [2.45, 2.75) is 19.3 Å². The summed E-state index contributed by atoms with van der Waals surface area (Å²) in [5.41, 5.74) is 2.65. The van der Waals surface area contributed by atoms with Gasteiger partial charge in [0.05, 0.1) is 0 Å². The minimum absolute atomic E-state index is 0.592. The molecule has 2 aromatic carbocycles. The molecule has 5 nitrogen and oxygen atoms in total. The Morgan fingerprint density at radius 1 is 1.09 bits per heavy atom. The average molecular weight is 312 g/mol. The number of nitrogens with one attached hydrogen (secondary N) is 2. The Bertz CT molecular complexity index is 639. The third-order valence-corrected chi connectivity index (χ3v) is 3.10. The molecule has 3 N–H and O–H groups in total. The third-order valence-electron chi connectivity index (χ3n) is 3.10. The summed E-state index contributed by atoms with van der Waals surface area (Å²) in [7, 11) is 0. The minimum Gasteiger partial charge on any atom is -0.436 e. The number of esters is 1. The van der Waals surface area contributed by atoms with Crippen LogP contribution in [0, 0.1) is 0 Å². The molecule has 120 valence electrons. The highest BCUT2D eigenvalue weighted by molar-refractivity contribution is 5.81. The van der Waals surface area contributed by atoms with Gasteiger partial charge < -0.3 is 20.5 Å². The molecule has 2 unspecified atom stereocenters. The second-order valence-electron chi connectivity index (χ2n) is 5.01. The molecule has 2 aromatic rings. The number of ether oxygens (including phenoxy) is 1. The van der Waals surface area contributed by atoms with Crippen LogP contribution >= 0.6 is 0 Å². The molecule has 0 spiro atoms. The van der Waals surface area contributed by atoms with Gasteiger partial charge in [-0.2, -0.15) is 0 Å². The van der Waals surface area contributed by atoms with E-state index in [0.29, 0.717) is 0 Å². The minimum atomic E-state index is -0.860. The number of aliphatic hydroxyl groups is 1. The van der Waals surface area contributed by atoms with E-state index < -0.39 is 18.3 Å². The van der Waals surface area contributed by atoms with E-state index in [0.717, 1.165) is 23.1 Å². The SMILES string of the molecule is C=CC(=O)OC(Nc1ccc(Nc2ccccc2)cc1)C(C)O. The van der Waals surface area contributed by atoms with Gasteiger partial charge in [-0.15, -0.1) is 0 Å². The number of aliphatic hydroxyl groups excluding tert-OH is 1. The molecule has 23 heavy (non-hydrogen) atoms. The second-order valence-corrected chi connectivity index (χ2v) is 5.01. The highest BCUT2D eigenvalue weighted by Gasteiger charge is 2.18. The monoisotopic (exact) mass is 312 g/mol. The van der Waals surface area contributed by atoms with Crippen molar-refractivity contribution in [3.8, 4) is 0 Å². The first-order valence-corrected chi connectivity index (χ1v) is 7.28. The molecule has 0 radical (unpaired) electrons. The summed E-state index contributed by atoms with van der Waals surface area (Å²) < 4.78 is 5.06. The van der Waals surface area contributed by atoms with Gasteiger partial charge in [-0.25, -0.2) is 4.79 Å². The van der Waals surface area contributed by atoms with E-state index in [9.17, 15) is 9.90 Å². The van der Waals surface area contributed by atoms with Crippen LogP contribution in [0.15, 0.2) is 67.3 Å². The van der Waals surface area contributed by atoms with Crippen LogP contribution < -0.4 is 10.6 Å². The largest absolute Gasteiger partial charge is 0.436 e. The first kappa shape index (κ1) is 16.6. The van der Waals surface area contributed by atoms with Gasteiger partial charge in [-0.05, 0) is 43.3 Å². The van der Waals surface area contributed by atoms with Gasteiger partial charge >= 0.3 is 5.97 Å². The van der Waals surface area contributed by atoms with Crippen LogP contribution in [-0.4, -0.2) is 23.4 Å². The number of rotatable bonds is 7. The van der Waals surface area contributed by atoms with Gasteiger partial charge in [0.1, 0.15) is 6.10 Å².